The number of ether oxygens (including phenoxy) is 1. The van der Waals surface area contributed by atoms with Gasteiger partial charge in [0.05, 0.1) is 12.6 Å². The molecule has 12 heteroatoms. The molecule has 2 atom stereocenters. The first-order chi connectivity index (χ1) is 17.1. The van der Waals surface area contributed by atoms with Crippen molar-refractivity contribution >= 4 is 22.6 Å². The zero-order chi connectivity index (χ0) is 25.6. The normalized spacial score (nSPS) is 17.5. The van der Waals surface area contributed by atoms with E-state index in [0.29, 0.717) is 34.9 Å². The molecule has 9 nitrogen and oxygen atoms in total. The van der Waals surface area contributed by atoms with Gasteiger partial charge in [0.15, 0.2) is 11.5 Å². The van der Waals surface area contributed by atoms with Gasteiger partial charge in [-0.05, 0) is 42.7 Å². The molecule has 1 saturated heterocycles. The van der Waals surface area contributed by atoms with Gasteiger partial charge in [-0.1, -0.05) is 12.1 Å². The lowest BCUT2D eigenvalue weighted by Gasteiger charge is -2.30. The fourth-order valence-corrected chi connectivity index (χ4v) is 4.77. The van der Waals surface area contributed by atoms with Crippen LogP contribution in [0, 0.1) is 6.92 Å². The van der Waals surface area contributed by atoms with Gasteiger partial charge < -0.3 is 15.2 Å². The van der Waals surface area contributed by atoms with E-state index in [1.165, 1.54) is 27.6 Å². The Morgan fingerprint density at radius 1 is 1.22 bits per heavy atom. The van der Waals surface area contributed by atoms with Crippen molar-refractivity contribution in [2.45, 2.75) is 31.6 Å². The molecule has 0 unspecified atom stereocenters. The number of nitrogens with one attached hydrogen (secondary N) is 1. The molecule has 36 heavy (non-hydrogen) atoms. The summed E-state index contributed by atoms with van der Waals surface area (Å²) in [4.78, 5) is 16.8. The standard InChI is InChI=1S/C24H23F3N6O3/c1-13-9-14-3-5-17(29-18(14)10-19(13)36-2)22-31-30-20-6-4-15(11-33(20)22)21(24(25,26)27)32-8-7-16(12-32)28-23(34)35/h3-6,9-11,16,21,28H,7-8,12H2,1-2H3,(H,34,35)/t16-,21+/m0/s1. The zero-order valence-corrected chi connectivity index (χ0v) is 19.5. The summed E-state index contributed by atoms with van der Waals surface area (Å²) < 4.78 is 49.6. The summed E-state index contributed by atoms with van der Waals surface area (Å²) in [5, 5.41) is 20.4. The van der Waals surface area contributed by atoms with Crippen LogP contribution in [0.25, 0.3) is 28.1 Å². The number of alkyl halides is 3. The molecule has 0 bridgehead atoms. The summed E-state index contributed by atoms with van der Waals surface area (Å²) in [6.45, 7) is 1.99. The number of benzene rings is 1. The molecule has 0 aliphatic carbocycles. The molecule has 4 aromatic rings. The molecule has 4 heterocycles. The van der Waals surface area contributed by atoms with Gasteiger partial charge in [-0.25, -0.2) is 9.78 Å². The monoisotopic (exact) mass is 500 g/mol. The number of methoxy groups -OCH3 is 1. The van der Waals surface area contributed by atoms with E-state index >= 15 is 0 Å². The number of aromatic nitrogens is 4. The van der Waals surface area contributed by atoms with Crippen LogP contribution in [0.15, 0.2) is 42.6 Å². The van der Waals surface area contributed by atoms with E-state index in [-0.39, 0.29) is 18.7 Å². The van der Waals surface area contributed by atoms with Crippen molar-refractivity contribution in [3.05, 3.63) is 53.7 Å². The second-order valence-electron chi connectivity index (χ2n) is 8.80. The topological polar surface area (TPSA) is 105 Å². The van der Waals surface area contributed by atoms with Crippen molar-refractivity contribution < 1.29 is 27.8 Å². The number of fused-ring (bicyclic) bond motifs is 2. The van der Waals surface area contributed by atoms with Crippen LogP contribution in [0.5, 0.6) is 5.75 Å². The maximum Gasteiger partial charge on any atom is 0.408 e. The van der Waals surface area contributed by atoms with Gasteiger partial charge in [0.1, 0.15) is 17.5 Å². The molecule has 188 valence electrons. The quantitative estimate of drug-likeness (QED) is 0.423. The van der Waals surface area contributed by atoms with Gasteiger partial charge in [0.2, 0.25) is 0 Å². The summed E-state index contributed by atoms with van der Waals surface area (Å²) in [5.41, 5.74) is 2.45. The zero-order valence-electron chi connectivity index (χ0n) is 19.5. The van der Waals surface area contributed by atoms with E-state index < -0.39 is 24.4 Å². The minimum absolute atomic E-state index is 0.00473. The van der Waals surface area contributed by atoms with Gasteiger partial charge in [0.25, 0.3) is 0 Å². The predicted octanol–water partition coefficient (Wildman–Crippen LogP) is 4.21. The molecule has 3 aromatic heterocycles. The fraction of sp³-hybridized carbons (Fsp3) is 0.333. The third-order valence-corrected chi connectivity index (χ3v) is 6.40. The number of halogens is 3. The maximum atomic E-state index is 14.2. The number of likely N-dealkylation sites (tertiary alicyclic amines) is 1. The third kappa shape index (κ3) is 4.39. The van der Waals surface area contributed by atoms with Crippen molar-refractivity contribution in [2.75, 3.05) is 20.2 Å². The Balaban J connectivity index is 1.54. The molecule has 1 aromatic carbocycles. The number of pyridine rings is 2. The van der Waals surface area contributed by atoms with Crippen molar-refractivity contribution in [1.82, 2.24) is 29.8 Å². The van der Waals surface area contributed by atoms with Gasteiger partial charge in [-0.3, -0.25) is 9.30 Å². The van der Waals surface area contributed by atoms with Crippen molar-refractivity contribution in [3.63, 3.8) is 0 Å². The fourth-order valence-electron chi connectivity index (χ4n) is 4.77. The van der Waals surface area contributed by atoms with Crippen LogP contribution in [0.4, 0.5) is 18.0 Å². The van der Waals surface area contributed by atoms with Crippen LogP contribution in [-0.2, 0) is 0 Å². The highest BCUT2D eigenvalue weighted by molar-refractivity contribution is 5.83. The van der Waals surface area contributed by atoms with Crippen LogP contribution in [-0.4, -0.2) is 68.1 Å². The Kier molecular flexibility index (Phi) is 5.91. The molecule has 1 amide bonds. The van der Waals surface area contributed by atoms with Gasteiger partial charge >= 0.3 is 12.3 Å². The van der Waals surface area contributed by atoms with E-state index in [1.807, 2.05) is 19.1 Å². The van der Waals surface area contributed by atoms with Crippen molar-refractivity contribution in [3.8, 4) is 17.3 Å². The second kappa shape index (κ2) is 8.94. The Morgan fingerprint density at radius 2 is 2.03 bits per heavy atom. The summed E-state index contributed by atoms with van der Waals surface area (Å²) in [6, 6.07) is 7.76. The molecule has 5 rings (SSSR count). The van der Waals surface area contributed by atoms with E-state index in [9.17, 15) is 18.0 Å². The van der Waals surface area contributed by atoms with Crippen LogP contribution in [0.1, 0.15) is 23.6 Å². The largest absolute Gasteiger partial charge is 0.496 e. The van der Waals surface area contributed by atoms with Gasteiger partial charge in [0, 0.05) is 36.8 Å². The van der Waals surface area contributed by atoms with Crippen LogP contribution in [0.3, 0.4) is 0 Å². The van der Waals surface area contributed by atoms with Crippen LogP contribution < -0.4 is 10.1 Å². The lowest BCUT2D eigenvalue weighted by molar-refractivity contribution is -0.184. The van der Waals surface area contributed by atoms with Gasteiger partial charge in [-0.2, -0.15) is 13.2 Å². The molecule has 0 radical (unpaired) electrons. The lowest BCUT2D eigenvalue weighted by Crippen LogP contribution is -2.40. The van der Waals surface area contributed by atoms with E-state index in [2.05, 4.69) is 20.5 Å². The van der Waals surface area contributed by atoms with Crippen molar-refractivity contribution in [1.29, 1.82) is 0 Å². The Morgan fingerprint density at radius 3 is 2.75 bits per heavy atom. The Bertz CT molecular complexity index is 1450. The SMILES string of the molecule is COc1cc2nc(-c3nnc4ccc([C@@H](N5CC[C@H](NC(=O)O)C5)C(F)(F)F)cn34)ccc2cc1C. The molecule has 1 fully saturated rings. The number of carbonyl (C=O) groups is 1. The average Bonchev–Trinajstić information content (AvgIpc) is 3.44. The Hall–Kier alpha value is -3.93. The maximum absolute atomic E-state index is 14.2. The van der Waals surface area contributed by atoms with Crippen LogP contribution in [0.2, 0.25) is 0 Å². The molecule has 0 saturated carbocycles. The van der Waals surface area contributed by atoms with E-state index in [0.717, 1.165) is 10.9 Å². The van der Waals surface area contributed by atoms with Crippen LogP contribution >= 0.6 is 0 Å². The first-order valence-corrected chi connectivity index (χ1v) is 11.2. The molecule has 2 N–H and O–H groups in total. The number of hydrogen-bond acceptors (Lipinski definition) is 6. The molecule has 1 aliphatic heterocycles. The summed E-state index contributed by atoms with van der Waals surface area (Å²) >= 11 is 0. The number of aryl methyl sites for hydroxylation is 1. The molecular weight excluding hydrogens is 477 g/mol. The number of hydrogen-bond donors (Lipinski definition) is 2. The lowest BCUT2D eigenvalue weighted by atomic mass is 10.1. The minimum atomic E-state index is -4.57. The smallest absolute Gasteiger partial charge is 0.408 e. The molecule has 1 aliphatic rings. The number of rotatable bonds is 5. The molecule has 0 spiro atoms. The predicted molar refractivity (Wildman–Crippen MR) is 125 cm³/mol. The number of nitrogens with zero attached hydrogens (tertiary/aromatic N) is 5. The first-order valence-electron chi connectivity index (χ1n) is 11.2. The van der Waals surface area contributed by atoms with Crippen molar-refractivity contribution in [2.24, 2.45) is 0 Å². The summed E-state index contributed by atoms with van der Waals surface area (Å²) in [6.07, 6.45) is -4.16. The van der Waals surface area contributed by atoms with Gasteiger partial charge in [-0.15, -0.1) is 10.2 Å². The highest BCUT2D eigenvalue weighted by Gasteiger charge is 2.47. The number of carboxylic acid groups (broad SMARTS) is 1. The van der Waals surface area contributed by atoms with E-state index in [4.69, 9.17) is 9.84 Å². The summed E-state index contributed by atoms with van der Waals surface area (Å²) in [7, 11) is 1.57. The number of amides is 1. The second-order valence-corrected chi connectivity index (χ2v) is 8.80. The van der Waals surface area contributed by atoms with E-state index in [1.54, 1.807) is 19.2 Å². The first kappa shape index (κ1) is 23.8. The highest BCUT2D eigenvalue weighted by Crippen LogP contribution is 2.40. The molecular formula is C24H23F3N6O3. The highest BCUT2D eigenvalue weighted by atomic mass is 19.4. The average molecular weight is 500 g/mol. The summed E-state index contributed by atoms with van der Waals surface area (Å²) in [5.74, 6) is 0.982. The minimum Gasteiger partial charge on any atom is -0.496 e. The Labute approximate surface area is 203 Å². The third-order valence-electron chi connectivity index (χ3n) is 6.40.